The fourth-order valence-corrected chi connectivity index (χ4v) is 3.44. The first-order valence-corrected chi connectivity index (χ1v) is 8.06. The van der Waals surface area contributed by atoms with Gasteiger partial charge in [-0.3, -0.25) is 4.98 Å². The highest BCUT2D eigenvalue weighted by Gasteiger charge is 2.05. The van der Waals surface area contributed by atoms with Crippen LogP contribution in [0.2, 0.25) is 0 Å². The Balaban J connectivity index is 1.71. The van der Waals surface area contributed by atoms with Gasteiger partial charge in [-0.25, -0.2) is 0 Å². The second-order valence-corrected chi connectivity index (χ2v) is 6.05. The highest BCUT2D eigenvalue weighted by Crippen LogP contribution is 2.20. The van der Waals surface area contributed by atoms with E-state index in [0.717, 1.165) is 41.8 Å². The minimum Gasteiger partial charge on any atom is -0.398 e. The van der Waals surface area contributed by atoms with Crippen LogP contribution < -0.4 is 11.1 Å². The predicted octanol–water partition coefficient (Wildman–Crippen LogP) is 3.73. The van der Waals surface area contributed by atoms with Crippen molar-refractivity contribution < 1.29 is 0 Å². The third-order valence-electron chi connectivity index (χ3n) is 3.61. The number of aryl methyl sites for hydroxylation is 1. The number of nitrogens with two attached hydrogens (primary N) is 1. The lowest BCUT2D eigenvalue weighted by Crippen LogP contribution is -2.14. The Hall–Kier alpha value is -1.91. The number of nitrogens with zero attached hydrogens (tertiary/aromatic N) is 1. The topological polar surface area (TPSA) is 50.9 Å². The van der Waals surface area contributed by atoms with Gasteiger partial charge in [-0.2, -0.15) is 0 Å². The molecular weight excluding hydrogens is 278 g/mol. The number of fused-ring (bicyclic) bond motifs is 1. The molecule has 0 saturated heterocycles. The van der Waals surface area contributed by atoms with E-state index in [-0.39, 0.29) is 0 Å². The van der Waals surface area contributed by atoms with E-state index < -0.39 is 0 Å². The second kappa shape index (κ2) is 6.24. The Kier molecular flexibility index (Phi) is 4.18. The summed E-state index contributed by atoms with van der Waals surface area (Å²) in [4.78, 5) is 6.07. The lowest BCUT2D eigenvalue weighted by atomic mass is 10.1. The molecule has 2 aromatic heterocycles. The summed E-state index contributed by atoms with van der Waals surface area (Å²) in [6.45, 7) is 3.81. The van der Waals surface area contributed by atoms with Crippen molar-refractivity contribution in [3.63, 3.8) is 0 Å². The summed E-state index contributed by atoms with van der Waals surface area (Å²) in [7, 11) is 0. The molecule has 0 bridgehead atoms. The van der Waals surface area contributed by atoms with Gasteiger partial charge in [0.25, 0.3) is 0 Å². The SMILES string of the molecule is CCc1ccsc1CNCc1cc(N)c2ccccc2n1. The van der Waals surface area contributed by atoms with Gasteiger partial charge < -0.3 is 11.1 Å². The molecule has 0 radical (unpaired) electrons. The zero-order valence-electron chi connectivity index (χ0n) is 12.1. The van der Waals surface area contributed by atoms with E-state index in [2.05, 4.69) is 28.7 Å². The number of nitrogens with one attached hydrogen (secondary N) is 1. The fourth-order valence-electron chi connectivity index (χ4n) is 2.49. The Bertz CT molecular complexity index is 749. The molecule has 2 heterocycles. The van der Waals surface area contributed by atoms with E-state index in [4.69, 9.17) is 5.73 Å². The number of para-hydroxylation sites is 1. The third kappa shape index (κ3) is 3.06. The Morgan fingerprint density at radius 3 is 2.90 bits per heavy atom. The average Bonchev–Trinajstić information content (AvgIpc) is 2.95. The van der Waals surface area contributed by atoms with Crippen molar-refractivity contribution in [3.8, 4) is 0 Å². The minimum atomic E-state index is 0.732. The number of nitrogen functional groups attached to an aromatic ring is 1. The molecule has 3 nitrogen and oxygen atoms in total. The molecule has 0 atom stereocenters. The van der Waals surface area contributed by atoms with Gasteiger partial charge in [-0.1, -0.05) is 25.1 Å². The van der Waals surface area contributed by atoms with Crippen molar-refractivity contribution in [1.82, 2.24) is 10.3 Å². The highest BCUT2D eigenvalue weighted by molar-refractivity contribution is 7.10. The van der Waals surface area contributed by atoms with E-state index in [1.54, 1.807) is 0 Å². The lowest BCUT2D eigenvalue weighted by molar-refractivity contribution is 0.685. The number of hydrogen-bond acceptors (Lipinski definition) is 4. The summed E-state index contributed by atoms with van der Waals surface area (Å²) in [6.07, 6.45) is 1.09. The number of thiophene rings is 1. The molecule has 0 aliphatic carbocycles. The minimum absolute atomic E-state index is 0.732. The summed E-state index contributed by atoms with van der Waals surface area (Å²) in [5.41, 5.74) is 10.3. The summed E-state index contributed by atoms with van der Waals surface area (Å²) >= 11 is 1.81. The fraction of sp³-hybridized carbons (Fsp3) is 0.235. The maximum absolute atomic E-state index is 6.10. The van der Waals surface area contributed by atoms with Crippen LogP contribution in [-0.4, -0.2) is 4.98 Å². The van der Waals surface area contributed by atoms with Gasteiger partial charge in [0, 0.05) is 29.0 Å². The van der Waals surface area contributed by atoms with Gasteiger partial charge in [-0.15, -0.1) is 11.3 Å². The van der Waals surface area contributed by atoms with E-state index in [1.165, 1.54) is 10.4 Å². The van der Waals surface area contributed by atoms with Gasteiger partial charge in [-0.05, 0) is 35.6 Å². The summed E-state index contributed by atoms with van der Waals surface area (Å²) in [5.74, 6) is 0. The second-order valence-electron chi connectivity index (χ2n) is 5.05. The summed E-state index contributed by atoms with van der Waals surface area (Å²) in [6, 6.07) is 12.2. The van der Waals surface area contributed by atoms with Gasteiger partial charge in [0.1, 0.15) is 0 Å². The van der Waals surface area contributed by atoms with Gasteiger partial charge in [0.15, 0.2) is 0 Å². The first-order valence-electron chi connectivity index (χ1n) is 7.18. The van der Waals surface area contributed by atoms with E-state index >= 15 is 0 Å². The molecule has 0 fully saturated rings. The first-order chi connectivity index (χ1) is 10.3. The molecule has 108 valence electrons. The van der Waals surface area contributed by atoms with Crippen molar-refractivity contribution in [2.45, 2.75) is 26.4 Å². The first kappa shape index (κ1) is 14.0. The molecule has 1 aromatic carbocycles. The van der Waals surface area contributed by atoms with Crippen molar-refractivity contribution in [2.75, 3.05) is 5.73 Å². The molecule has 0 aliphatic heterocycles. The number of hydrogen-bond donors (Lipinski definition) is 2. The Labute approximate surface area is 128 Å². The molecule has 0 saturated carbocycles. The van der Waals surface area contributed by atoms with E-state index in [1.807, 2.05) is 41.7 Å². The van der Waals surface area contributed by atoms with Crippen LogP contribution in [0.3, 0.4) is 0 Å². The van der Waals surface area contributed by atoms with Crippen LogP contribution in [0.25, 0.3) is 10.9 Å². The van der Waals surface area contributed by atoms with Gasteiger partial charge >= 0.3 is 0 Å². The summed E-state index contributed by atoms with van der Waals surface area (Å²) < 4.78 is 0. The quantitative estimate of drug-likeness (QED) is 0.754. The molecule has 3 N–H and O–H groups in total. The largest absolute Gasteiger partial charge is 0.398 e. The number of aromatic nitrogens is 1. The molecule has 0 spiro atoms. The lowest BCUT2D eigenvalue weighted by Gasteiger charge is -2.08. The highest BCUT2D eigenvalue weighted by atomic mass is 32.1. The normalized spacial score (nSPS) is 11.1. The smallest absolute Gasteiger partial charge is 0.0726 e. The van der Waals surface area contributed by atoms with E-state index in [9.17, 15) is 0 Å². The van der Waals surface area contributed by atoms with Crippen molar-refractivity contribution in [1.29, 1.82) is 0 Å². The molecule has 0 unspecified atom stereocenters. The molecular formula is C17H19N3S. The number of rotatable bonds is 5. The van der Waals surface area contributed by atoms with Crippen LogP contribution in [0.4, 0.5) is 5.69 Å². The number of pyridine rings is 1. The van der Waals surface area contributed by atoms with E-state index in [0.29, 0.717) is 0 Å². The molecule has 3 rings (SSSR count). The monoisotopic (exact) mass is 297 g/mol. The molecule has 4 heteroatoms. The van der Waals surface area contributed by atoms with Crippen LogP contribution in [-0.2, 0) is 19.5 Å². The molecule has 21 heavy (non-hydrogen) atoms. The van der Waals surface area contributed by atoms with Crippen LogP contribution >= 0.6 is 11.3 Å². The summed E-state index contributed by atoms with van der Waals surface area (Å²) in [5, 5.41) is 6.64. The molecule has 0 aliphatic rings. The standard InChI is InChI=1S/C17H19N3S/c1-2-12-7-8-21-17(12)11-19-10-13-9-15(18)14-5-3-4-6-16(14)20-13/h3-9,19H,2,10-11H2,1H3,(H2,18,20). The number of benzene rings is 1. The Morgan fingerprint density at radius 1 is 1.19 bits per heavy atom. The zero-order chi connectivity index (χ0) is 14.7. The molecule has 0 amide bonds. The van der Waals surface area contributed by atoms with Gasteiger partial charge in [0.05, 0.1) is 11.2 Å². The van der Waals surface area contributed by atoms with Gasteiger partial charge in [0.2, 0.25) is 0 Å². The van der Waals surface area contributed by atoms with Crippen LogP contribution in [0.1, 0.15) is 23.1 Å². The van der Waals surface area contributed by atoms with Crippen molar-refractivity contribution in [3.05, 3.63) is 57.9 Å². The zero-order valence-corrected chi connectivity index (χ0v) is 12.9. The average molecular weight is 297 g/mol. The van der Waals surface area contributed by atoms with Crippen LogP contribution in [0.15, 0.2) is 41.8 Å². The predicted molar refractivity (Wildman–Crippen MR) is 90.4 cm³/mol. The van der Waals surface area contributed by atoms with Crippen LogP contribution in [0.5, 0.6) is 0 Å². The maximum Gasteiger partial charge on any atom is 0.0726 e. The maximum atomic E-state index is 6.10. The Morgan fingerprint density at radius 2 is 2.05 bits per heavy atom. The van der Waals surface area contributed by atoms with Crippen molar-refractivity contribution in [2.24, 2.45) is 0 Å². The van der Waals surface area contributed by atoms with Crippen molar-refractivity contribution >= 4 is 27.9 Å². The molecule has 3 aromatic rings. The van der Waals surface area contributed by atoms with Crippen LogP contribution in [0, 0.1) is 0 Å². The number of anilines is 1. The third-order valence-corrected chi connectivity index (χ3v) is 4.57.